The van der Waals surface area contributed by atoms with Crippen molar-refractivity contribution < 1.29 is 14.6 Å². The van der Waals surface area contributed by atoms with Gasteiger partial charge in [-0.05, 0) is 28.9 Å². The smallest absolute Gasteiger partial charge is 0.307 e. The van der Waals surface area contributed by atoms with E-state index in [1.54, 1.807) is 25.1 Å². The second-order valence-electron chi connectivity index (χ2n) is 3.29. The van der Waals surface area contributed by atoms with Crippen molar-refractivity contribution in [2.24, 2.45) is 5.73 Å². The van der Waals surface area contributed by atoms with Crippen molar-refractivity contribution >= 4 is 21.9 Å². The topological polar surface area (TPSA) is 72.5 Å². The van der Waals surface area contributed by atoms with Crippen LogP contribution >= 0.6 is 15.9 Å². The van der Waals surface area contributed by atoms with Crippen LogP contribution in [0.25, 0.3) is 0 Å². The van der Waals surface area contributed by atoms with Crippen LogP contribution in [0.4, 0.5) is 0 Å². The SMILES string of the molecule is CCOC(=O)C[C@@H](N)c1cccc(Br)c1O. The molecule has 0 saturated heterocycles. The van der Waals surface area contributed by atoms with Crippen LogP contribution in [-0.4, -0.2) is 17.7 Å². The Hall–Kier alpha value is -1.07. The number of ether oxygens (including phenoxy) is 1. The predicted octanol–water partition coefficient (Wildman–Crippen LogP) is 2.11. The van der Waals surface area contributed by atoms with Gasteiger partial charge in [-0.2, -0.15) is 0 Å². The molecule has 0 aliphatic heterocycles. The Morgan fingerprint density at radius 3 is 2.94 bits per heavy atom. The summed E-state index contributed by atoms with van der Waals surface area (Å²) < 4.78 is 5.35. The van der Waals surface area contributed by atoms with Crippen LogP contribution in [-0.2, 0) is 9.53 Å². The van der Waals surface area contributed by atoms with Crippen molar-refractivity contribution in [3.63, 3.8) is 0 Å². The fraction of sp³-hybridized carbons (Fsp3) is 0.364. The minimum Gasteiger partial charge on any atom is -0.506 e. The summed E-state index contributed by atoms with van der Waals surface area (Å²) in [6.45, 7) is 2.07. The highest BCUT2D eigenvalue weighted by atomic mass is 79.9. The summed E-state index contributed by atoms with van der Waals surface area (Å²) >= 11 is 3.19. The van der Waals surface area contributed by atoms with Gasteiger partial charge in [-0.3, -0.25) is 4.79 Å². The number of hydrogen-bond donors (Lipinski definition) is 2. The molecule has 0 aliphatic rings. The van der Waals surface area contributed by atoms with Gasteiger partial charge in [0.25, 0.3) is 0 Å². The average Bonchev–Trinajstić information content (AvgIpc) is 2.22. The monoisotopic (exact) mass is 287 g/mol. The van der Waals surface area contributed by atoms with Crippen molar-refractivity contribution in [1.82, 2.24) is 0 Å². The lowest BCUT2D eigenvalue weighted by molar-refractivity contribution is -0.143. The van der Waals surface area contributed by atoms with E-state index in [1.807, 2.05) is 0 Å². The Bertz CT molecular complexity index is 381. The molecule has 5 heteroatoms. The summed E-state index contributed by atoms with van der Waals surface area (Å²) in [6.07, 6.45) is 0.0534. The van der Waals surface area contributed by atoms with Gasteiger partial charge in [0, 0.05) is 11.6 Å². The summed E-state index contributed by atoms with van der Waals surface area (Å²) in [5.41, 5.74) is 6.34. The van der Waals surface area contributed by atoms with E-state index in [0.717, 1.165) is 0 Å². The van der Waals surface area contributed by atoms with Crippen LogP contribution in [0.15, 0.2) is 22.7 Å². The van der Waals surface area contributed by atoms with E-state index < -0.39 is 6.04 Å². The van der Waals surface area contributed by atoms with Crippen molar-refractivity contribution in [3.05, 3.63) is 28.2 Å². The number of benzene rings is 1. The number of hydrogen-bond acceptors (Lipinski definition) is 4. The molecule has 0 bridgehead atoms. The third kappa shape index (κ3) is 3.21. The molecule has 4 nitrogen and oxygen atoms in total. The lowest BCUT2D eigenvalue weighted by Crippen LogP contribution is -2.17. The maximum absolute atomic E-state index is 11.2. The first kappa shape index (κ1) is 13.0. The van der Waals surface area contributed by atoms with Gasteiger partial charge in [-0.15, -0.1) is 0 Å². The maximum atomic E-state index is 11.2. The second kappa shape index (κ2) is 5.86. The lowest BCUT2D eigenvalue weighted by Gasteiger charge is -2.13. The molecule has 0 heterocycles. The molecule has 0 fully saturated rings. The number of esters is 1. The molecule has 0 aromatic heterocycles. The standard InChI is InChI=1S/C11H14BrNO3/c1-2-16-10(14)6-9(13)7-4-3-5-8(12)11(7)15/h3-5,9,15H,2,6,13H2,1H3/t9-/m1/s1. The lowest BCUT2D eigenvalue weighted by atomic mass is 10.0. The number of aromatic hydroxyl groups is 1. The molecule has 1 rings (SSSR count). The molecule has 0 spiro atoms. The van der Waals surface area contributed by atoms with Gasteiger partial charge in [0.2, 0.25) is 0 Å². The zero-order valence-electron chi connectivity index (χ0n) is 8.94. The van der Waals surface area contributed by atoms with E-state index in [1.165, 1.54) is 0 Å². The third-order valence-electron chi connectivity index (χ3n) is 2.11. The summed E-state index contributed by atoms with van der Waals surface area (Å²) in [4.78, 5) is 11.2. The fourth-order valence-corrected chi connectivity index (χ4v) is 1.72. The second-order valence-corrected chi connectivity index (χ2v) is 4.15. The molecule has 1 aromatic carbocycles. The Morgan fingerprint density at radius 1 is 1.62 bits per heavy atom. The summed E-state index contributed by atoms with van der Waals surface area (Å²) in [5.74, 6) is -0.298. The zero-order valence-corrected chi connectivity index (χ0v) is 10.5. The van der Waals surface area contributed by atoms with Gasteiger partial charge < -0.3 is 15.6 Å². The highest BCUT2D eigenvalue weighted by Crippen LogP contribution is 2.31. The highest BCUT2D eigenvalue weighted by molar-refractivity contribution is 9.10. The molecule has 0 aliphatic carbocycles. The number of carbonyl (C=O) groups excluding carboxylic acids is 1. The summed E-state index contributed by atoms with van der Waals surface area (Å²) in [7, 11) is 0. The van der Waals surface area contributed by atoms with Crippen LogP contribution in [0.3, 0.4) is 0 Å². The van der Waals surface area contributed by atoms with E-state index in [-0.39, 0.29) is 18.1 Å². The minimum absolute atomic E-state index is 0.0534. The molecule has 3 N–H and O–H groups in total. The first-order chi connectivity index (χ1) is 7.56. The van der Waals surface area contributed by atoms with Crippen LogP contribution in [0.5, 0.6) is 5.75 Å². The molecule has 0 unspecified atom stereocenters. The molecule has 16 heavy (non-hydrogen) atoms. The van der Waals surface area contributed by atoms with E-state index in [0.29, 0.717) is 16.6 Å². The normalized spacial score (nSPS) is 12.2. The number of phenols is 1. The molecule has 0 radical (unpaired) electrons. The minimum atomic E-state index is -0.559. The predicted molar refractivity (Wildman–Crippen MR) is 64.0 cm³/mol. The molecule has 1 aromatic rings. The van der Waals surface area contributed by atoms with Gasteiger partial charge in [0.15, 0.2) is 0 Å². The van der Waals surface area contributed by atoms with Crippen molar-refractivity contribution in [2.75, 3.05) is 6.61 Å². The Labute approximate surface area is 103 Å². The maximum Gasteiger partial charge on any atom is 0.307 e. The first-order valence-electron chi connectivity index (χ1n) is 4.94. The molecular weight excluding hydrogens is 274 g/mol. The van der Waals surface area contributed by atoms with Crippen LogP contribution in [0.1, 0.15) is 24.9 Å². The number of phenolic OH excluding ortho intramolecular Hbond substituents is 1. The first-order valence-corrected chi connectivity index (χ1v) is 5.74. The van der Waals surface area contributed by atoms with Crippen LogP contribution in [0.2, 0.25) is 0 Å². The van der Waals surface area contributed by atoms with Crippen molar-refractivity contribution in [3.8, 4) is 5.75 Å². The Morgan fingerprint density at radius 2 is 2.31 bits per heavy atom. The summed E-state index contributed by atoms with van der Waals surface area (Å²) in [5, 5.41) is 9.73. The van der Waals surface area contributed by atoms with Crippen LogP contribution < -0.4 is 5.73 Å². The molecule has 0 saturated carbocycles. The molecule has 88 valence electrons. The van der Waals surface area contributed by atoms with E-state index in [4.69, 9.17) is 10.5 Å². The molecule has 0 amide bonds. The largest absolute Gasteiger partial charge is 0.506 e. The quantitative estimate of drug-likeness (QED) is 0.832. The number of carbonyl (C=O) groups is 1. The molecule has 1 atom stereocenters. The third-order valence-corrected chi connectivity index (χ3v) is 2.75. The van der Waals surface area contributed by atoms with Gasteiger partial charge in [-0.1, -0.05) is 12.1 Å². The number of halogens is 1. The average molecular weight is 288 g/mol. The van der Waals surface area contributed by atoms with E-state index in [9.17, 15) is 9.90 Å². The van der Waals surface area contributed by atoms with Gasteiger partial charge in [0.1, 0.15) is 5.75 Å². The van der Waals surface area contributed by atoms with E-state index in [2.05, 4.69) is 15.9 Å². The number of nitrogens with two attached hydrogens (primary N) is 1. The van der Waals surface area contributed by atoms with Gasteiger partial charge in [0.05, 0.1) is 17.5 Å². The zero-order chi connectivity index (χ0) is 12.1. The Balaban J connectivity index is 2.76. The van der Waals surface area contributed by atoms with Crippen molar-refractivity contribution in [1.29, 1.82) is 0 Å². The Kier molecular flexibility index (Phi) is 4.76. The van der Waals surface area contributed by atoms with Crippen molar-refractivity contribution in [2.45, 2.75) is 19.4 Å². The number of para-hydroxylation sites is 1. The summed E-state index contributed by atoms with van der Waals surface area (Å²) in [6, 6.07) is 4.58. The van der Waals surface area contributed by atoms with Gasteiger partial charge >= 0.3 is 5.97 Å². The van der Waals surface area contributed by atoms with E-state index >= 15 is 0 Å². The van der Waals surface area contributed by atoms with Crippen LogP contribution in [0, 0.1) is 0 Å². The number of rotatable bonds is 4. The van der Waals surface area contributed by atoms with Gasteiger partial charge in [-0.25, -0.2) is 0 Å². The molecular formula is C11H14BrNO3. The fourth-order valence-electron chi connectivity index (χ4n) is 1.34. The highest BCUT2D eigenvalue weighted by Gasteiger charge is 2.16.